The molecule has 0 aromatic heterocycles. The summed E-state index contributed by atoms with van der Waals surface area (Å²) in [7, 11) is 0. The van der Waals surface area contributed by atoms with Gasteiger partial charge in [-0.3, -0.25) is 15.1 Å². The lowest BCUT2D eigenvalue weighted by atomic mass is 10.00. The number of nitro benzene ring substituents is 1. The lowest BCUT2D eigenvalue weighted by Crippen LogP contribution is -2.40. The van der Waals surface area contributed by atoms with E-state index in [0.717, 1.165) is 24.1 Å². The van der Waals surface area contributed by atoms with Crippen molar-refractivity contribution in [3.63, 3.8) is 0 Å². The highest BCUT2D eigenvalue weighted by Crippen LogP contribution is 2.27. The summed E-state index contributed by atoms with van der Waals surface area (Å²) >= 11 is 5.84. The van der Waals surface area contributed by atoms with E-state index >= 15 is 0 Å². The lowest BCUT2D eigenvalue weighted by molar-refractivity contribution is -0.384. The van der Waals surface area contributed by atoms with Crippen LogP contribution in [0.1, 0.15) is 45.6 Å². The summed E-state index contributed by atoms with van der Waals surface area (Å²) in [6, 6.07) is 5.60. The van der Waals surface area contributed by atoms with Gasteiger partial charge in [0.05, 0.1) is 10.6 Å². The van der Waals surface area contributed by atoms with Crippen molar-refractivity contribution in [3.8, 4) is 0 Å². The molecular weight excluding hydrogens is 290 g/mol. The average Bonchev–Trinajstić information content (AvgIpc) is 2.43. The summed E-state index contributed by atoms with van der Waals surface area (Å²) in [5.74, 6) is 0. The third-order valence-corrected chi connectivity index (χ3v) is 4.29. The van der Waals surface area contributed by atoms with E-state index < -0.39 is 4.92 Å². The van der Waals surface area contributed by atoms with E-state index in [1.807, 2.05) is 6.92 Å². The molecule has 1 fully saturated rings. The fourth-order valence-corrected chi connectivity index (χ4v) is 2.90. The largest absolute Gasteiger partial charge is 0.291 e. The topological polar surface area (TPSA) is 58.7 Å². The zero-order chi connectivity index (χ0) is 15.6. The van der Waals surface area contributed by atoms with Crippen LogP contribution >= 0.6 is 11.6 Å². The zero-order valence-electron chi connectivity index (χ0n) is 12.5. The Morgan fingerprint density at radius 1 is 1.38 bits per heavy atom. The molecule has 1 aromatic carbocycles. The predicted octanol–water partition coefficient (Wildman–Crippen LogP) is 4.24. The fourth-order valence-electron chi connectivity index (χ4n) is 2.71. The molecule has 0 amide bonds. The van der Waals surface area contributed by atoms with Gasteiger partial charge in [0.15, 0.2) is 0 Å². The first-order valence-corrected chi connectivity index (χ1v) is 7.55. The monoisotopic (exact) mass is 309 g/mol. The van der Waals surface area contributed by atoms with Crippen molar-refractivity contribution in [1.82, 2.24) is 5.01 Å². The van der Waals surface area contributed by atoms with E-state index in [-0.39, 0.29) is 10.7 Å². The SMILES string of the molecule is C/C(=N/N1[C@@H](C)CCC[C@@H]1C)c1ccc(Cl)c([N+](=O)[O-])c1. The second-order valence-electron chi connectivity index (χ2n) is 5.62. The average molecular weight is 310 g/mol. The van der Waals surface area contributed by atoms with Gasteiger partial charge in [0.2, 0.25) is 0 Å². The minimum atomic E-state index is -0.467. The first kappa shape index (κ1) is 15.8. The molecule has 1 heterocycles. The summed E-state index contributed by atoms with van der Waals surface area (Å²) in [5.41, 5.74) is 1.43. The van der Waals surface area contributed by atoms with Gasteiger partial charge in [-0.15, -0.1) is 0 Å². The number of hydrogen-bond donors (Lipinski definition) is 0. The number of halogens is 1. The van der Waals surface area contributed by atoms with Gasteiger partial charge in [-0.2, -0.15) is 5.10 Å². The Morgan fingerprint density at radius 2 is 2.00 bits per heavy atom. The van der Waals surface area contributed by atoms with Crippen LogP contribution in [0.3, 0.4) is 0 Å². The molecule has 114 valence electrons. The summed E-state index contributed by atoms with van der Waals surface area (Å²) < 4.78 is 0. The zero-order valence-corrected chi connectivity index (χ0v) is 13.3. The predicted molar refractivity (Wildman–Crippen MR) is 84.9 cm³/mol. The minimum Gasteiger partial charge on any atom is -0.291 e. The van der Waals surface area contributed by atoms with Gasteiger partial charge in [-0.05, 0) is 46.1 Å². The van der Waals surface area contributed by atoms with Gasteiger partial charge in [0.25, 0.3) is 5.69 Å². The van der Waals surface area contributed by atoms with Crippen LogP contribution in [0.4, 0.5) is 5.69 Å². The third-order valence-electron chi connectivity index (χ3n) is 3.97. The number of rotatable bonds is 3. The Labute approximate surface area is 129 Å². The van der Waals surface area contributed by atoms with Gasteiger partial charge in [0, 0.05) is 23.7 Å². The Balaban J connectivity index is 2.30. The highest BCUT2D eigenvalue weighted by atomic mass is 35.5. The van der Waals surface area contributed by atoms with E-state index in [1.165, 1.54) is 12.5 Å². The van der Waals surface area contributed by atoms with Gasteiger partial charge in [-0.25, -0.2) is 0 Å². The number of hydrazone groups is 1. The van der Waals surface area contributed by atoms with Crippen molar-refractivity contribution >= 4 is 23.0 Å². The molecule has 1 aromatic rings. The number of piperidine rings is 1. The van der Waals surface area contributed by atoms with Crippen LogP contribution in [0, 0.1) is 10.1 Å². The molecule has 21 heavy (non-hydrogen) atoms. The molecule has 0 aliphatic carbocycles. The third kappa shape index (κ3) is 3.53. The summed E-state index contributed by atoms with van der Waals surface area (Å²) in [5, 5.41) is 17.9. The van der Waals surface area contributed by atoms with Crippen molar-refractivity contribution in [2.45, 2.75) is 52.1 Å². The van der Waals surface area contributed by atoms with Crippen molar-refractivity contribution in [3.05, 3.63) is 38.9 Å². The van der Waals surface area contributed by atoms with Gasteiger partial charge in [0.1, 0.15) is 5.02 Å². The van der Waals surface area contributed by atoms with E-state index in [1.54, 1.807) is 12.1 Å². The molecule has 1 saturated heterocycles. The molecule has 5 nitrogen and oxygen atoms in total. The summed E-state index contributed by atoms with van der Waals surface area (Å²) in [6.07, 6.45) is 3.48. The maximum Gasteiger partial charge on any atom is 0.288 e. The van der Waals surface area contributed by atoms with Crippen LogP contribution in [0.15, 0.2) is 23.3 Å². The number of nitrogens with zero attached hydrogens (tertiary/aromatic N) is 3. The quantitative estimate of drug-likeness (QED) is 0.477. The highest BCUT2D eigenvalue weighted by Gasteiger charge is 2.23. The normalized spacial score (nSPS) is 23.2. The smallest absolute Gasteiger partial charge is 0.288 e. The molecule has 0 radical (unpaired) electrons. The molecule has 0 saturated carbocycles. The van der Waals surface area contributed by atoms with Crippen LogP contribution in [0.5, 0.6) is 0 Å². The van der Waals surface area contributed by atoms with Gasteiger partial charge < -0.3 is 0 Å². The van der Waals surface area contributed by atoms with Crippen LogP contribution in [0.25, 0.3) is 0 Å². The molecule has 2 rings (SSSR count). The molecule has 0 spiro atoms. The second-order valence-corrected chi connectivity index (χ2v) is 6.02. The van der Waals surface area contributed by atoms with E-state index in [4.69, 9.17) is 11.6 Å². The Bertz CT molecular complexity index is 564. The number of hydrogen-bond acceptors (Lipinski definition) is 4. The second kappa shape index (κ2) is 6.43. The van der Waals surface area contributed by atoms with Crippen LogP contribution in [0.2, 0.25) is 5.02 Å². The standard InChI is InChI=1S/C15H20ClN3O2/c1-10-5-4-6-11(2)18(10)17-12(3)13-7-8-14(16)15(9-13)19(20)21/h7-11H,4-6H2,1-3H3/b17-12-/t10-,11-/m0/s1. The van der Waals surface area contributed by atoms with Crippen LogP contribution in [-0.4, -0.2) is 27.7 Å². The van der Waals surface area contributed by atoms with Crippen molar-refractivity contribution in [1.29, 1.82) is 0 Å². The van der Waals surface area contributed by atoms with Crippen molar-refractivity contribution in [2.75, 3.05) is 0 Å². The number of nitro groups is 1. The molecule has 1 aliphatic heterocycles. The Morgan fingerprint density at radius 3 is 2.57 bits per heavy atom. The van der Waals surface area contributed by atoms with Crippen molar-refractivity contribution < 1.29 is 4.92 Å². The number of benzene rings is 1. The first-order chi connectivity index (χ1) is 9.90. The highest BCUT2D eigenvalue weighted by molar-refractivity contribution is 6.32. The molecular formula is C15H20ClN3O2. The molecule has 0 unspecified atom stereocenters. The van der Waals surface area contributed by atoms with Gasteiger partial charge in [-0.1, -0.05) is 17.7 Å². The van der Waals surface area contributed by atoms with E-state index in [9.17, 15) is 10.1 Å². The van der Waals surface area contributed by atoms with Crippen LogP contribution in [-0.2, 0) is 0 Å². The lowest BCUT2D eigenvalue weighted by Gasteiger charge is -2.37. The van der Waals surface area contributed by atoms with Gasteiger partial charge >= 0.3 is 0 Å². The van der Waals surface area contributed by atoms with E-state index in [0.29, 0.717) is 12.1 Å². The molecule has 6 heteroatoms. The Kier molecular flexibility index (Phi) is 4.83. The molecule has 1 aliphatic rings. The molecule has 0 N–H and O–H groups in total. The first-order valence-electron chi connectivity index (χ1n) is 7.18. The summed E-state index contributed by atoms with van der Waals surface area (Å²) in [4.78, 5) is 10.5. The minimum absolute atomic E-state index is 0.0801. The Hall–Kier alpha value is -1.62. The fraction of sp³-hybridized carbons (Fsp3) is 0.533. The molecule has 2 atom stereocenters. The van der Waals surface area contributed by atoms with Crippen molar-refractivity contribution in [2.24, 2.45) is 5.10 Å². The van der Waals surface area contributed by atoms with E-state index in [2.05, 4.69) is 24.0 Å². The molecule has 0 bridgehead atoms. The maximum absolute atomic E-state index is 11.0. The summed E-state index contributed by atoms with van der Waals surface area (Å²) in [6.45, 7) is 6.20. The van der Waals surface area contributed by atoms with Crippen LogP contribution < -0.4 is 0 Å². The maximum atomic E-state index is 11.0.